The second-order valence-electron chi connectivity index (χ2n) is 4.07. The fourth-order valence-electron chi connectivity index (χ4n) is 1.47. The van der Waals surface area contributed by atoms with E-state index in [1.807, 2.05) is 0 Å². The van der Waals surface area contributed by atoms with Gasteiger partial charge in [0.1, 0.15) is 0 Å². The average Bonchev–Trinajstić information content (AvgIpc) is 3.17. The van der Waals surface area contributed by atoms with Gasteiger partial charge in [0.05, 0.1) is 5.56 Å². The topological polar surface area (TPSA) is 12.0 Å². The van der Waals surface area contributed by atoms with Gasteiger partial charge in [0.25, 0.3) is 0 Å². The number of benzene rings is 1. The summed E-state index contributed by atoms with van der Waals surface area (Å²) in [4.78, 5) is 0. The molecule has 0 amide bonds. The maximum atomic E-state index is 13.2. The number of hydrogen-bond donors (Lipinski definition) is 1. The van der Waals surface area contributed by atoms with Gasteiger partial charge in [-0.15, -0.1) is 0 Å². The maximum Gasteiger partial charge on any atom is 0.200 e. The summed E-state index contributed by atoms with van der Waals surface area (Å²) < 4.78 is 64.8. The molecule has 1 aromatic carbocycles. The van der Waals surface area contributed by atoms with E-state index < -0.39 is 34.6 Å². The van der Waals surface area contributed by atoms with Crippen LogP contribution in [0.15, 0.2) is 6.08 Å². The van der Waals surface area contributed by atoms with E-state index in [9.17, 15) is 22.0 Å². The molecule has 1 saturated carbocycles. The highest BCUT2D eigenvalue weighted by Gasteiger charge is 2.24. The fraction of sp³-hybridized carbons (Fsp3) is 0.333. The van der Waals surface area contributed by atoms with E-state index >= 15 is 0 Å². The molecule has 0 atom stereocenters. The van der Waals surface area contributed by atoms with Crippen LogP contribution in [-0.2, 0) is 0 Å². The van der Waals surface area contributed by atoms with E-state index in [2.05, 4.69) is 5.32 Å². The Kier molecular flexibility index (Phi) is 3.65. The Morgan fingerprint density at radius 3 is 1.89 bits per heavy atom. The van der Waals surface area contributed by atoms with Gasteiger partial charge >= 0.3 is 0 Å². The number of halogens is 5. The Bertz CT molecular complexity index is 465. The molecule has 0 bridgehead atoms. The van der Waals surface area contributed by atoms with Crippen LogP contribution in [-0.4, -0.2) is 12.6 Å². The van der Waals surface area contributed by atoms with Crippen molar-refractivity contribution < 1.29 is 22.0 Å². The lowest BCUT2D eigenvalue weighted by Crippen LogP contribution is -2.15. The number of hydrogen-bond acceptors (Lipinski definition) is 1. The molecule has 1 aliphatic carbocycles. The standard InChI is InChI=1S/C12H10F5N/c13-8-7(2-1-5-18-6-3-4-6)9(14)11(16)12(17)10(8)15/h1-2,6,18H,3-5H2. The molecule has 0 radical (unpaired) electrons. The molecule has 1 aliphatic rings. The van der Waals surface area contributed by atoms with Crippen molar-refractivity contribution in [2.45, 2.75) is 18.9 Å². The third kappa shape index (κ3) is 2.53. The third-order valence-corrected chi connectivity index (χ3v) is 2.63. The molecular formula is C12H10F5N. The van der Waals surface area contributed by atoms with Crippen molar-refractivity contribution in [2.75, 3.05) is 6.54 Å². The smallest absolute Gasteiger partial charge is 0.200 e. The lowest BCUT2D eigenvalue weighted by Gasteiger charge is -2.04. The van der Waals surface area contributed by atoms with Gasteiger partial charge in [-0.3, -0.25) is 0 Å². The van der Waals surface area contributed by atoms with Crippen molar-refractivity contribution in [2.24, 2.45) is 0 Å². The SMILES string of the molecule is Fc1c(F)c(F)c(C=CCNC2CC2)c(F)c1F. The van der Waals surface area contributed by atoms with Gasteiger partial charge in [-0.25, -0.2) is 22.0 Å². The molecule has 0 unspecified atom stereocenters. The molecule has 1 N–H and O–H groups in total. The summed E-state index contributed by atoms with van der Waals surface area (Å²) in [6.07, 6.45) is 4.30. The van der Waals surface area contributed by atoms with Crippen molar-refractivity contribution in [1.82, 2.24) is 5.32 Å². The van der Waals surface area contributed by atoms with Crippen LogP contribution in [0.4, 0.5) is 22.0 Å². The van der Waals surface area contributed by atoms with Crippen molar-refractivity contribution in [3.63, 3.8) is 0 Å². The van der Waals surface area contributed by atoms with Gasteiger partial charge in [-0.05, 0) is 12.8 Å². The van der Waals surface area contributed by atoms with Gasteiger partial charge in [-0.2, -0.15) is 0 Å². The maximum absolute atomic E-state index is 13.2. The second kappa shape index (κ2) is 5.06. The summed E-state index contributed by atoms with van der Waals surface area (Å²) in [6.45, 7) is 0.324. The fourth-order valence-corrected chi connectivity index (χ4v) is 1.47. The predicted octanol–water partition coefficient (Wildman–Crippen LogP) is 3.15. The van der Waals surface area contributed by atoms with Crippen LogP contribution in [0.2, 0.25) is 0 Å². The summed E-state index contributed by atoms with van der Waals surface area (Å²) in [5.41, 5.74) is -0.913. The third-order valence-electron chi connectivity index (χ3n) is 2.63. The highest BCUT2D eigenvalue weighted by molar-refractivity contribution is 5.51. The van der Waals surface area contributed by atoms with Crippen LogP contribution in [0.1, 0.15) is 18.4 Å². The monoisotopic (exact) mass is 263 g/mol. The van der Waals surface area contributed by atoms with Crippen LogP contribution < -0.4 is 5.32 Å². The Labute approximate surface area is 100 Å². The van der Waals surface area contributed by atoms with Crippen LogP contribution in [0.3, 0.4) is 0 Å². The molecule has 0 spiro atoms. The van der Waals surface area contributed by atoms with Gasteiger partial charge in [-0.1, -0.05) is 12.2 Å². The quantitative estimate of drug-likeness (QED) is 0.500. The lowest BCUT2D eigenvalue weighted by molar-refractivity contribution is 0.377. The first-order chi connectivity index (χ1) is 8.52. The molecule has 2 rings (SSSR count). The van der Waals surface area contributed by atoms with E-state index in [-0.39, 0.29) is 0 Å². The molecule has 0 heterocycles. The Morgan fingerprint density at radius 2 is 1.39 bits per heavy atom. The summed E-state index contributed by atoms with van der Waals surface area (Å²) in [5.74, 6) is -9.62. The summed E-state index contributed by atoms with van der Waals surface area (Å²) in [6, 6.07) is 0.394. The summed E-state index contributed by atoms with van der Waals surface area (Å²) in [7, 11) is 0. The zero-order valence-corrected chi connectivity index (χ0v) is 9.24. The molecule has 6 heteroatoms. The van der Waals surface area contributed by atoms with Gasteiger partial charge in [0.15, 0.2) is 23.3 Å². The highest BCUT2D eigenvalue weighted by atomic mass is 19.2. The summed E-state index contributed by atoms with van der Waals surface area (Å²) in [5, 5.41) is 3.01. The van der Waals surface area contributed by atoms with E-state index in [1.165, 1.54) is 6.08 Å². The molecule has 1 aromatic rings. The zero-order valence-electron chi connectivity index (χ0n) is 9.24. The van der Waals surface area contributed by atoms with E-state index in [1.54, 1.807) is 0 Å². The van der Waals surface area contributed by atoms with Crippen LogP contribution in [0.5, 0.6) is 0 Å². The first-order valence-corrected chi connectivity index (χ1v) is 5.43. The van der Waals surface area contributed by atoms with Crippen LogP contribution in [0, 0.1) is 29.1 Å². The molecule has 0 aliphatic heterocycles. The largest absolute Gasteiger partial charge is 0.311 e. The van der Waals surface area contributed by atoms with Crippen molar-refractivity contribution in [3.05, 3.63) is 40.7 Å². The van der Waals surface area contributed by atoms with Crippen molar-refractivity contribution >= 4 is 6.08 Å². The molecule has 98 valence electrons. The zero-order chi connectivity index (χ0) is 13.3. The van der Waals surface area contributed by atoms with Gasteiger partial charge in [0, 0.05) is 12.6 Å². The predicted molar refractivity (Wildman–Crippen MR) is 56.3 cm³/mol. The van der Waals surface area contributed by atoms with Crippen molar-refractivity contribution in [1.29, 1.82) is 0 Å². The minimum absolute atomic E-state index is 0.324. The lowest BCUT2D eigenvalue weighted by atomic mass is 10.1. The van der Waals surface area contributed by atoms with Gasteiger partial charge in [0.2, 0.25) is 5.82 Å². The van der Waals surface area contributed by atoms with Crippen molar-refractivity contribution in [3.8, 4) is 0 Å². The molecule has 1 fully saturated rings. The highest BCUT2D eigenvalue weighted by Crippen LogP contribution is 2.24. The second-order valence-corrected chi connectivity index (χ2v) is 4.07. The molecule has 1 nitrogen and oxygen atoms in total. The molecule has 18 heavy (non-hydrogen) atoms. The molecular weight excluding hydrogens is 253 g/mol. The first-order valence-electron chi connectivity index (χ1n) is 5.43. The van der Waals surface area contributed by atoms with E-state index in [0.29, 0.717) is 12.6 Å². The minimum Gasteiger partial charge on any atom is -0.311 e. The Morgan fingerprint density at radius 1 is 0.889 bits per heavy atom. The van der Waals surface area contributed by atoms with E-state index in [0.717, 1.165) is 18.9 Å². The number of rotatable bonds is 4. The van der Waals surface area contributed by atoms with Crippen LogP contribution in [0.25, 0.3) is 6.08 Å². The summed E-state index contributed by atoms with van der Waals surface area (Å²) >= 11 is 0. The Balaban J connectivity index is 2.20. The first kappa shape index (κ1) is 13.0. The number of nitrogens with one attached hydrogen (secondary N) is 1. The molecule has 0 saturated heterocycles. The van der Waals surface area contributed by atoms with Crippen LogP contribution >= 0.6 is 0 Å². The normalized spacial score (nSPS) is 15.6. The minimum atomic E-state index is -2.14. The van der Waals surface area contributed by atoms with E-state index in [4.69, 9.17) is 0 Å². The van der Waals surface area contributed by atoms with Gasteiger partial charge < -0.3 is 5.32 Å². The average molecular weight is 263 g/mol. The molecule has 0 aromatic heterocycles. The Hall–Kier alpha value is -1.43.